The third-order valence-electron chi connectivity index (χ3n) is 1.54. The van der Waals surface area contributed by atoms with Crippen LogP contribution in [0, 0.1) is 6.92 Å². The van der Waals surface area contributed by atoms with Gasteiger partial charge in [0.05, 0.1) is 12.7 Å². The van der Waals surface area contributed by atoms with E-state index < -0.39 is 0 Å². The molecule has 0 atom stereocenters. The van der Waals surface area contributed by atoms with Crippen LogP contribution in [0.25, 0.3) is 0 Å². The predicted molar refractivity (Wildman–Crippen MR) is 48.2 cm³/mol. The summed E-state index contributed by atoms with van der Waals surface area (Å²) in [4.78, 5) is 17.3. The molecule has 0 saturated heterocycles. The Kier molecular flexibility index (Phi) is 2.83. The van der Waals surface area contributed by atoms with Gasteiger partial charge in [0, 0.05) is 17.3 Å². The second kappa shape index (κ2) is 3.69. The predicted octanol–water partition coefficient (Wildman–Crippen LogP) is 1.69. The van der Waals surface area contributed by atoms with E-state index in [1.54, 1.807) is 18.4 Å². The normalized spacial score (nSPS) is 9.92. The van der Waals surface area contributed by atoms with Crippen LogP contribution in [0.15, 0.2) is 11.4 Å². The van der Waals surface area contributed by atoms with Gasteiger partial charge in [-0.3, -0.25) is 9.63 Å². The number of aryl methyl sites for hydroxylation is 1. The van der Waals surface area contributed by atoms with Crippen molar-refractivity contribution in [3.05, 3.63) is 21.9 Å². The summed E-state index contributed by atoms with van der Waals surface area (Å²) in [6.07, 6.45) is 0. The molecule has 0 spiro atoms. The lowest BCUT2D eigenvalue weighted by atomic mass is 10.3. The van der Waals surface area contributed by atoms with Gasteiger partial charge >= 0.3 is 0 Å². The van der Waals surface area contributed by atoms with Crippen LogP contribution < -0.4 is 0 Å². The lowest BCUT2D eigenvalue weighted by molar-refractivity contribution is -0.0756. The molecule has 66 valence electrons. The minimum absolute atomic E-state index is 0.109. The van der Waals surface area contributed by atoms with Crippen molar-refractivity contribution in [1.82, 2.24) is 5.06 Å². The number of carbonyl (C=O) groups excluding carboxylic acids is 1. The molecule has 1 amide bonds. The largest absolute Gasteiger partial charge is 0.277 e. The summed E-state index contributed by atoms with van der Waals surface area (Å²) in [6, 6.07) is 1.85. The van der Waals surface area contributed by atoms with Gasteiger partial charge in [-0.15, -0.1) is 11.3 Å². The number of rotatable bonds is 2. The molecule has 0 aromatic carbocycles. The third kappa shape index (κ3) is 1.84. The van der Waals surface area contributed by atoms with E-state index in [9.17, 15) is 4.79 Å². The molecular formula is C8H11NO2S. The fraction of sp³-hybridized carbons (Fsp3) is 0.375. The van der Waals surface area contributed by atoms with Gasteiger partial charge in [-0.25, -0.2) is 5.06 Å². The van der Waals surface area contributed by atoms with E-state index in [0.717, 1.165) is 4.88 Å². The fourth-order valence-corrected chi connectivity index (χ4v) is 1.50. The first-order valence-corrected chi connectivity index (χ1v) is 4.40. The van der Waals surface area contributed by atoms with Crippen molar-refractivity contribution in [2.45, 2.75) is 6.92 Å². The minimum atomic E-state index is -0.109. The summed E-state index contributed by atoms with van der Waals surface area (Å²) in [6.45, 7) is 1.97. The molecule has 0 aliphatic heterocycles. The lowest BCUT2D eigenvalue weighted by Gasteiger charge is -2.11. The Labute approximate surface area is 75.5 Å². The summed E-state index contributed by atoms with van der Waals surface area (Å²) in [7, 11) is 3.06. The van der Waals surface area contributed by atoms with Gasteiger partial charge in [0.1, 0.15) is 0 Å². The van der Waals surface area contributed by atoms with Crippen LogP contribution in [0.4, 0.5) is 0 Å². The summed E-state index contributed by atoms with van der Waals surface area (Å²) >= 11 is 1.56. The van der Waals surface area contributed by atoms with Crippen LogP contribution in [0.1, 0.15) is 15.2 Å². The van der Waals surface area contributed by atoms with Crippen molar-refractivity contribution in [3.8, 4) is 0 Å². The molecule has 1 aromatic rings. The molecule has 0 fully saturated rings. The van der Waals surface area contributed by atoms with Crippen LogP contribution in [0.3, 0.4) is 0 Å². The van der Waals surface area contributed by atoms with Gasteiger partial charge in [-0.05, 0) is 13.0 Å². The van der Waals surface area contributed by atoms with Crippen molar-refractivity contribution >= 4 is 17.2 Å². The van der Waals surface area contributed by atoms with Gasteiger partial charge < -0.3 is 0 Å². The van der Waals surface area contributed by atoms with Gasteiger partial charge in [-0.2, -0.15) is 0 Å². The van der Waals surface area contributed by atoms with Gasteiger partial charge in [0.25, 0.3) is 5.91 Å². The molecule has 1 heterocycles. The van der Waals surface area contributed by atoms with E-state index in [1.807, 2.05) is 18.4 Å². The van der Waals surface area contributed by atoms with E-state index in [1.165, 1.54) is 12.2 Å². The van der Waals surface area contributed by atoms with Crippen LogP contribution in [0.5, 0.6) is 0 Å². The Morgan fingerprint density at radius 2 is 2.33 bits per heavy atom. The molecule has 0 aliphatic carbocycles. The highest BCUT2D eigenvalue weighted by Crippen LogP contribution is 2.14. The number of hydroxylamine groups is 2. The molecule has 0 saturated carbocycles. The topological polar surface area (TPSA) is 29.5 Å². The first kappa shape index (κ1) is 9.22. The number of hydrogen-bond donors (Lipinski definition) is 0. The molecule has 12 heavy (non-hydrogen) atoms. The second-order valence-electron chi connectivity index (χ2n) is 2.43. The lowest BCUT2D eigenvalue weighted by Crippen LogP contribution is -2.24. The Morgan fingerprint density at radius 3 is 2.75 bits per heavy atom. The maximum absolute atomic E-state index is 11.4. The number of hydrogen-bond acceptors (Lipinski definition) is 3. The Balaban J connectivity index is 2.78. The Morgan fingerprint density at radius 1 is 1.67 bits per heavy atom. The highest BCUT2D eigenvalue weighted by atomic mass is 32.1. The average molecular weight is 185 g/mol. The SMILES string of the molecule is CON(C)C(=O)c1csc(C)c1. The molecule has 3 nitrogen and oxygen atoms in total. The molecule has 1 aromatic heterocycles. The zero-order valence-corrected chi connectivity index (χ0v) is 8.14. The summed E-state index contributed by atoms with van der Waals surface area (Å²) in [5.74, 6) is -0.109. The highest BCUT2D eigenvalue weighted by molar-refractivity contribution is 7.10. The Bertz CT molecular complexity index is 282. The van der Waals surface area contributed by atoms with E-state index >= 15 is 0 Å². The number of nitrogens with zero attached hydrogens (tertiary/aromatic N) is 1. The smallest absolute Gasteiger partial charge is 0.274 e. The van der Waals surface area contributed by atoms with Crippen molar-refractivity contribution in [2.24, 2.45) is 0 Å². The molecule has 0 N–H and O–H groups in total. The van der Waals surface area contributed by atoms with Crippen LogP contribution >= 0.6 is 11.3 Å². The summed E-state index contributed by atoms with van der Waals surface area (Å²) in [5, 5.41) is 3.04. The molecule has 0 aliphatic rings. The van der Waals surface area contributed by atoms with E-state index in [0.29, 0.717) is 5.56 Å². The maximum Gasteiger partial charge on any atom is 0.277 e. The quantitative estimate of drug-likeness (QED) is 0.656. The number of amides is 1. The molecule has 0 radical (unpaired) electrons. The summed E-state index contributed by atoms with van der Waals surface area (Å²) in [5.41, 5.74) is 0.682. The Hall–Kier alpha value is -0.870. The van der Waals surface area contributed by atoms with Crippen LogP contribution in [-0.2, 0) is 4.84 Å². The monoisotopic (exact) mass is 185 g/mol. The second-order valence-corrected chi connectivity index (χ2v) is 3.55. The summed E-state index contributed by atoms with van der Waals surface area (Å²) < 4.78 is 0. The van der Waals surface area contributed by atoms with Crippen molar-refractivity contribution in [1.29, 1.82) is 0 Å². The molecular weight excluding hydrogens is 174 g/mol. The first-order valence-electron chi connectivity index (χ1n) is 3.52. The van der Waals surface area contributed by atoms with Crippen LogP contribution in [0.2, 0.25) is 0 Å². The molecule has 0 unspecified atom stereocenters. The third-order valence-corrected chi connectivity index (χ3v) is 2.40. The van der Waals surface area contributed by atoms with E-state index in [4.69, 9.17) is 4.84 Å². The van der Waals surface area contributed by atoms with Crippen LogP contribution in [-0.4, -0.2) is 25.1 Å². The fourth-order valence-electron chi connectivity index (χ4n) is 0.820. The number of thiophene rings is 1. The first-order chi connectivity index (χ1) is 5.65. The average Bonchev–Trinajstić information content (AvgIpc) is 2.49. The van der Waals surface area contributed by atoms with Gasteiger partial charge in [0.15, 0.2) is 0 Å². The van der Waals surface area contributed by atoms with Gasteiger partial charge in [-0.1, -0.05) is 0 Å². The van der Waals surface area contributed by atoms with E-state index in [-0.39, 0.29) is 5.91 Å². The zero-order chi connectivity index (χ0) is 9.14. The van der Waals surface area contributed by atoms with Crippen molar-refractivity contribution in [3.63, 3.8) is 0 Å². The zero-order valence-electron chi connectivity index (χ0n) is 7.33. The molecule has 0 bridgehead atoms. The highest BCUT2D eigenvalue weighted by Gasteiger charge is 2.11. The molecule has 4 heteroatoms. The molecule has 1 rings (SSSR count). The van der Waals surface area contributed by atoms with Gasteiger partial charge in [0.2, 0.25) is 0 Å². The number of carbonyl (C=O) groups is 1. The van der Waals surface area contributed by atoms with E-state index in [2.05, 4.69) is 0 Å². The minimum Gasteiger partial charge on any atom is -0.274 e. The van der Waals surface area contributed by atoms with Crippen molar-refractivity contribution < 1.29 is 9.63 Å². The van der Waals surface area contributed by atoms with Crippen molar-refractivity contribution in [2.75, 3.05) is 14.2 Å². The standard InChI is InChI=1S/C8H11NO2S/c1-6-4-7(5-12-6)8(10)9(2)11-3/h4-5H,1-3H3. The maximum atomic E-state index is 11.4.